The van der Waals surface area contributed by atoms with E-state index in [4.69, 9.17) is 9.26 Å². The minimum atomic E-state index is -0.822. The third-order valence-electron chi connectivity index (χ3n) is 4.24. The summed E-state index contributed by atoms with van der Waals surface area (Å²) in [7, 11) is 1.29. The molecule has 26 heavy (non-hydrogen) atoms. The second-order valence-corrected chi connectivity index (χ2v) is 5.90. The number of methoxy groups -OCH3 is 1. The van der Waals surface area contributed by atoms with Gasteiger partial charge < -0.3 is 19.9 Å². The van der Waals surface area contributed by atoms with Gasteiger partial charge in [-0.2, -0.15) is 0 Å². The lowest BCUT2D eigenvalue weighted by Gasteiger charge is -2.30. The van der Waals surface area contributed by atoms with Crippen molar-refractivity contribution in [1.29, 1.82) is 0 Å². The minimum Gasteiger partial charge on any atom is -0.469 e. The molecule has 0 bridgehead atoms. The van der Waals surface area contributed by atoms with Gasteiger partial charge in [0.05, 0.1) is 18.6 Å². The molecular formula is C17H17F2N3O4. The van der Waals surface area contributed by atoms with Crippen LogP contribution in [0.4, 0.5) is 8.78 Å². The number of ether oxygens (including phenoxy) is 1. The Morgan fingerprint density at radius 2 is 2.15 bits per heavy atom. The van der Waals surface area contributed by atoms with Gasteiger partial charge >= 0.3 is 5.97 Å². The van der Waals surface area contributed by atoms with Crippen molar-refractivity contribution in [3.63, 3.8) is 0 Å². The monoisotopic (exact) mass is 365 g/mol. The SMILES string of the molecule is COC(=O)[C@@H]1CNCC[C@H]1NC(=O)c1cc(-c2ccc(F)cc2F)on1. The molecule has 2 heterocycles. The van der Waals surface area contributed by atoms with Crippen molar-refractivity contribution in [2.24, 2.45) is 5.92 Å². The first kappa shape index (κ1) is 18.0. The molecule has 2 N–H and O–H groups in total. The molecule has 0 radical (unpaired) electrons. The number of amides is 1. The zero-order valence-corrected chi connectivity index (χ0v) is 13.9. The highest BCUT2D eigenvalue weighted by Gasteiger charge is 2.33. The third kappa shape index (κ3) is 3.72. The van der Waals surface area contributed by atoms with Gasteiger partial charge in [0.15, 0.2) is 11.5 Å². The number of benzene rings is 1. The van der Waals surface area contributed by atoms with Crippen LogP contribution in [0.3, 0.4) is 0 Å². The molecule has 2 atom stereocenters. The topological polar surface area (TPSA) is 93.5 Å². The second-order valence-electron chi connectivity index (χ2n) is 5.90. The van der Waals surface area contributed by atoms with Crippen LogP contribution in [0.1, 0.15) is 16.9 Å². The highest BCUT2D eigenvalue weighted by molar-refractivity contribution is 5.93. The van der Waals surface area contributed by atoms with Crippen molar-refractivity contribution in [1.82, 2.24) is 15.8 Å². The molecule has 1 aliphatic heterocycles. The fraction of sp³-hybridized carbons (Fsp3) is 0.353. The molecular weight excluding hydrogens is 348 g/mol. The van der Waals surface area contributed by atoms with Crippen LogP contribution in [-0.2, 0) is 9.53 Å². The zero-order chi connectivity index (χ0) is 18.7. The second kappa shape index (κ2) is 7.61. The van der Waals surface area contributed by atoms with E-state index in [0.29, 0.717) is 25.6 Å². The standard InChI is InChI=1S/C17H17F2N3O4/c1-25-17(24)11-8-20-5-4-13(11)21-16(23)14-7-15(26-22-14)10-3-2-9(18)6-12(10)19/h2-3,6-7,11,13,20H,4-5,8H2,1H3,(H,21,23)/t11-,13-/m1/s1. The van der Waals surface area contributed by atoms with Gasteiger partial charge in [0, 0.05) is 24.7 Å². The first-order valence-electron chi connectivity index (χ1n) is 8.01. The Kier molecular flexibility index (Phi) is 5.27. The fourth-order valence-electron chi connectivity index (χ4n) is 2.87. The van der Waals surface area contributed by atoms with E-state index >= 15 is 0 Å². The van der Waals surface area contributed by atoms with Crippen LogP contribution in [0.25, 0.3) is 11.3 Å². The van der Waals surface area contributed by atoms with E-state index in [9.17, 15) is 18.4 Å². The summed E-state index contributed by atoms with van der Waals surface area (Å²) < 4.78 is 36.6. The average Bonchev–Trinajstić information content (AvgIpc) is 3.11. The third-order valence-corrected chi connectivity index (χ3v) is 4.24. The molecule has 3 rings (SSSR count). The summed E-state index contributed by atoms with van der Waals surface area (Å²) in [6, 6.07) is 3.84. The molecule has 0 spiro atoms. The summed E-state index contributed by atoms with van der Waals surface area (Å²) in [5.41, 5.74) is -0.0712. The van der Waals surface area contributed by atoms with Gasteiger partial charge in [0.1, 0.15) is 11.6 Å². The van der Waals surface area contributed by atoms with E-state index in [2.05, 4.69) is 15.8 Å². The van der Waals surface area contributed by atoms with Gasteiger partial charge in [-0.1, -0.05) is 5.16 Å². The molecule has 1 aliphatic rings. The van der Waals surface area contributed by atoms with Gasteiger partial charge in [0.2, 0.25) is 0 Å². The zero-order valence-electron chi connectivity index (χ0n) is 13.9. The Morgan fingerprint density at radius 3 is 2.88 bits per heavy atom. The number of carbonyl (C=O) groups is 2. The molecule has 138 valence electrons. The predicted molar refractivity (Wildman–Crippen MR) is 86.1 cm³/mol. The molecule has 1 saturated heterocycles. The summed E-state index contributed by atoms with van der Waals surface area (Å²) in [5.74, 6) is -3.03. The number of hydrogen-bond donors (Lipinski definition) is 2. The highest BCUT2D eigenvalue weighted by Crippen LogP contribution is 2.24. The molecule has 0 saturated carbocycles. The fourth-order valence-corrected chi connectivity index (χ4v) is 2.87. The van der Waals surface area contributed by atoms with Crippen LogP contribution in [0, 0.1) is 17.6 Å². The molecule has 0 aliphatic carbocycles. The number of hydrogen-bond acceptors (Lipinski definition) is 6. The molecule has 1 aromatic carbocycles. The van der Waals surface area contributed by atoms with Crippen LogP contribution in [0.2, 0.25) is 0 Å². The number of nitrogens with zero attached hydrogens (tertiary/aromatic N) is 1. The first-order valence-corrected chi connectivity index (χ1v) is 8.01. The summed E-state index contributed by atoms with van der Waals surface area (Å²) in [4.78, 5) is 24.2. The largest absolute Gasteiger partial charge is 0.469 e. The number of nitrogens with one attached hydrogen (secondary N) is 2. The lowest BCUT2D eigenvalue weighted by molar-refractivity contribution is -0.146. The summed E-state index contributed by atoms with van der Waals surface area (Å²) in [5, 5.41) is 9.44. The summed E-state index contributed by atoms with van der Waals surface area (Å²) in [6.45, 7) is 1.03. The number of rotatable bonds is 4. The van der Waals surface area contributed by atoms with Crippen molar-refractivity contribution in [2.45, 2.75) is 12.5 Å². The number of carbonyl (C=O) groups excluding carboxylic acids is 2. The summed E-state index contributed by atoms with van der Waals surface area (Å²) >= 11 is 0. The van der Waals surface area contributed by atoms with Crippen LogP contribution in [-0.4, -0.2) is 43.3 Å². The number of esters is 1. The lowest BCUT2D eigenvalue weighted by Crippen LogP contribution is -2.52. The normalized spacial score (nSPS) is 19.8. The molecule has 9 heteroatoms. The Hall–Kier alpha value is -2.81. The van der Waals surface area contributed by atoms with Crippen molar-refractivity contribution in [3.8, 4) is 11.3 Å². The molecule has 7 nitrogen and oxygen atoms in total. The van der Waals surface area contributed by atoms with Crippen molar-refractivity contribution < 1.29 is 27.6 Å². The average molecular weight is 365 g/mol. The highest BCUT2D eigenvalue weighted by atomic mass is 19.1. The number of aromatic nitrogens is 1. The Balaban J connectivity index is 1.74. The number of halogens is 2. The molecule has 1 aromatic heterocycles. The van der Waals surface area contributed by atoms with Crippen molar-refractivity contribution >= 4 is 11.9 Å². The van der Waals surface area contributed by atoms with Gasteiger partial charge in [-0.3, -0.25) is 9.59 Å². The van der Waals surface area contributed by atoms with Crippen molar-refractivity contribution in [2.75, 3.05) is 20.2 Å². The van der Waals surface area contributed by atoms with E-state index < -0.39 is 35.5 Å². The smallest absolute Gasteiger partial charge is 0.312 e. The Morgan fingerprint density at radius 1 is 1.35 bits per heavy atom. The van der Waals surface area contributed by atoms with Gasteiger partial charge in [-0.15, -0.1) is 0 Å². The maximum Gasteiger partial charge on any atom is 0.312 e. The van der Waals surface area contributed by atoms with E-state index in [0.717, 1.165) is 6.07 Å². The van der Waals surface area contributed by atoms with Crippen LogP contribution >= 0.6 is 0 Å². The molecule has 2 aromatic rings. The Labute approximate surface area is 147 Å². The van der Waals surface area contributed by atoms with Crippen molar-refractivity contribution in [3.05, 3.63) is 41.6 Å². The van der Waals surface area contributed by atoms with Gasteiger partial charge in [-0.25, -0.2) is 8.78 Å². The Bertz CT molecular complexity index is 824. The maximum atomic E-state index is 13.8. The number of piperidine rings is 1. The quantitative estimate of drug-likeness (QED) is 0.798. The van der Waals surface area contributed by atoms with E-state index in [1.54, 1.807) is 0 Å². The maximum absolute atomic E-state index is 13.8. The molecule has 0 unspecified atom stereocenters. The van der Waals surface area contributed by atoms with Gasteiger partial charge in [0.25, 0.3) is 5.91 Å². The predicted octanol–water partition coefficient (Wildman–Crippen LogP) is 1.50. The molecule has 1 fully saturated rings. The summed E-state index contributed by atoms with van der Waals surface area (Å²) in [6.07, 6.45) is 0.544. The van der Waals surface area contributed by atoms with Crippen LogP contribution in [0.5, 0.6) is 0 Å². The van der Waals surface area contributed by atoms with Crippen LogP contribution in [0.15, 0.2) is 28.8 Å². The van der Waals surface area contributed by atoms with E-state index in [1.807, 2.05) is 0 Å². The van der Waals surface area contributed by atoms with E-state index in [-0.39, 0.29) is 17.0 Å². The van der Waals surface area contributed by atoms with Gasteiger partial charge in [-0.05, 0) is 25.1 Å². The van der Waals surface area contributed by atoms with E-state index in [1.165, 1.54) is 19.2 Å². The van der Waals surface area contributed by atoms with Crippen LogP contribution < -0.4 is 10.6 Å². The lowest BCUT2D eigenvalue weighted by atomic mass is 9.93. The first-order chi connectivity index (χ1) is 12.5. The molecule has 1 amide bonds. The minimum absolute atomic E-state index is 0.00230.